The lowest BCUT2D eigenvalue weighted by molar-refractivity contribution is 0.00578. The highest BCUT2D eigenvalue weighted by molar-refractivity contribution is 6.45. The topological polar surface area (TPSA) is 18.5 Å². The monoisotopic (exact) mass is 234 g/mol. The molecule has 1 aliphatic heterocycles. The van der Waals surface area contributed by atoms with E-state index in [-0.39, 0.29) is 18.3 Å². The zero-order chi connectivity index (χ0) is 12.3. The molecule has 1 saturated heterocycles. The third kappa shape index (κ3) is 2.08. The van der Waals surface area contributed by atoms with E-state index in [1.165, 1.54) is 25.7 Å². The van der Waals surface area contributed by atoms with Gasteiger partial charge >= 0.3 is 7.12 Å². The fourth-order valence-electron chi connectivity index (χ4n) is 2.84. The number of allylic oxidation sites excluding steroid dienone is 2. The summed E-state index contributed by atoms with van der Waals surface area (Å²) in [5.41, 5.74) is 3.15. The highest BCUT2D eigenvalue weighted by Gasteiger charge is 2.51. The molecule has 0 unspecified atom stereocenters. The first-order valence-corrected chi connectivity index (χ1v) is 6.93. The SMILES string of the molecule is CC1(C)OB(CC2CC(=C3CC3)C2)OC1(C)C. The van der Waals surface area contributed by atoms with Crippen molar-refractivity contribution in [1.82, 2.24) is 0 Å². The second kappa shape index (κ2) is 3.61. The van der Waals surface area contributed by atoms with Crippen LogP contribution in [-0.2, 0) is 9.31 Å². The molecular weight excluding hydrogens is 211 g/mol. The summed E-state index contributed by atoms with van der Waals surface area (Å²) < 4.78 is 12.1. The summed E-state index contributed by atoms with van der Waals surface area (Å²) in [6.07, 6.45) is 6.43. The third-order valence-corrected chi connectivity index (χ3v) is 4.90. The minimum atomic E-state index is -0.167. The van der Waals surface area contributed by atoms with Crippen LogP contribution in [0.15, 0.2) is 11.1 Å². The number of hydrogen-bond donors (Lipinski definition) is 0. The Morgan fingerprint density at radius 2 is 1.53 bits per heavy atom. The molecule has 1 heterocycles. The minimum absolute atomic E-state index is 0.00996. The van der Waals surface area contributed by atoms with Crippen molar-refractivity contribution in [3.8, 4) is 0 Å². The average molecular weight is 234 g/mol. The maximum atomic E-state index is 6.04. The van der Waals surface area contributed by atoms with Crippen molar-refractivity contribution < 1.29 is 9.31 Å². The summed E-state index contributed by atoms with van der Waals surface area (Å²) in [4.78, 5) is 0. The van der Waals surface area contributed by atoms with Crippen molar-refractivity contribution in [3.05, 3.63) is 11.1 Å². The molecule has 0 aromatic rings. The van der Waals surface area contributed by atoms with Gasteiger partial charge in [0.25, 0.3) is 0 Å². The second-order valence-corrected chi connectivity index (χ2v) is 6.90. The first-order chi connectivity index (χ1) is 7.87. The highest BCUT2D eigenvalue weighted by Crippen LogP contribution is 2.47. The summed E-state index contributed by atoms with van der Waals surface area (Å²) in [5, 5.41) is 0. The second-order valence-electron chi connectivity index (χ2n) is 6.90. The van der Waals surface area contributed by atoms with Crippen LogP contribution >= 0.6 is 0 Å². The number of hydrogen-bond acceptors (Lipinski definition) is 2. The quantitative estimate of drug-likeness (QED) is 0.537. The Balaban J connectivity index is 1.53. The van der Waals surface area contributed by atoms with Crippen molar-refractivity contribution in [2.45, 2.75) is 70.9 Å². The molecule has 17 heavy (non-hydrogen) atoms. The van der Waals surface area contributed by atoms with Crippen LogP contribution in [0.2, 0.25) is 6.32 Å². The Hall–Kier alpha value is -0.275. The van der Waals surface area contributed by atoms with Gasteiger partial charge in [0.1, 0.15) is 0 Å². The fraction of sp³-hybridized carbons (Fsp3) is 0.857. The Morgan fingerprint density at radius 3 is 2.00 bits per heavy atom. The zero-order valence-electron chi connectivity index (χ0n) is 11.5. The molecule has 0 bridgehead atoms. The van der Waals surface area contributed by atoms with Gasteiger partial charge in [-0.15, -0.1) is 0 Å². The molecule has 0 atom stereocenters. The third-order valence-electron chi connectivity index (χ3n) is 4.90. The first-order valence-electron chi connectivity index (χ1n) is 6.93. The lowest BCUT2D eigenvalue weighted by Crippen LogP contribution is -2.41. The molecule has 3 aliphatic rings. The average Bonchev–Trinajstić information content (AvgIpc) is 2.88. The van der Waals surface area contributed by atoms with E-state index < -0.39 is 0 Å². The van der Waals surface area contributed by atoms with E-state index in [9.17, 15) is 0 Å². The normalized spacial score (nSPS) is 33.9. The Labute approximate surface area is 105 Å². The van der Waals surface area contributed by atoms with E-state index in [1.54, 1.807) is 11.1 Å². The molecular formula is C14H23BO2. The van der Waals surface area contributed by atoms with Gasteiger partial charge in [-0.25, -0.2) is 0 Å². The Morgan fingerprint density at radius 1 is 1.00 bits per heavy atom. The predicted molar refractivity (Wildman–Crippen MR) is 69.9 cm³/mol. The molecule has 3 fully saturated rings. The summed E-state index contributed by atoms with van der Waals surface area (Å²) >= 11 is 0. The van der Waals surface area contributed by atoms with Gasteiger partial charge in [0.05, 0.1) is 11.2 Å². The van der Waals surface area contributed by atoms with Crippen LogP contribution in [0.5, 0.6) is 0 Å². The van der Waals surface area contributed by atoms with Gasteiger partial charge in [-0.1, -0.05) is 11.1 Å². The van der Waals surface area contributed by atoms with E-state index >= 15 is 0 Å². The molecule has 94 valence electrons. The Bertz CT molecular complexity index is 340. The van der Waals surface area contributed by atoms with E-state index in [4.69, 9.17) is 9.31 Å². The summed E-state index contributed by atoms with van der Waals surface area (Å²) in [6, 6.07) is 0. The smallest absolute Gasteiger partial charge is 0.403 e. The lowest BCUT2D eigenvalue weighted by Gasteiger charge is -2.32. The maximum Gasteiger partial charge on any atom is 0.458 e. The van der Waals surface area contributed by atoms with Crippen LogP contribution in [0.3, 0.4) is 0 Å². The van der Waals surface area contributed by atoms with Crippen molar-refractivity contribution in [3.63, 3.8) is 0 Å². The molecule has 0 radical (unpaired) electrons. The first kappa shape index (κ1) is 11.8. The van der Waals surface area contributed by atoms with E-state index in [2.05, 4.69) is 27.7 Å². The van der Waals surface area contributed by atoms with Crippen LogP contribution in [0.1, 0.15) is 53.4 Å². The van der Waals surface area contributed by atoms with Crippen LogP contribution in [0.4, 0.5) is 0 Å². The van der Waals surface area contributed by atoms with Gasteiger partial charge < -0.3 is 9.31 Å². The summed E-state index contributed by atoms with van der Waals surface area (Å²) in [6.45, 7) is 8.52. The van der Waals surface area contributed by atoms with Crippen molar-refractivity contribution in [2.24, 2.45) is 5.92 Å². The van der Waals surface area contributed by atoms with Crippen LogP contribution < -0.4 is 0 Å². The van der Waals surface area contributed by atoms with Gasteiger partial charge in [0.15, 0.2) is 0 Å². The molecule has 0 amide bonds. The standard InChI is InChI=1S/C14H23BO2/c1-13(2)14(3,4)17-15(16-13)9-10-7-12(8-10)11-5-6-11/h10H,5-9H2,1-4H3. The molecule has 0 N–H and O–H groups in total. The molecule has 0 aromatic heterocycles. The van der Waals surface area contributed by atoms with Crippen LogP contribution in [0, 0.1) is 5.92 Å². The largest absolute Gasteiger partial charge is 0.458 e. The van der Waals surface area contributed by atoms with Gasteiger partial charge in [-0.05, 0) is 65.6 Å². The van der Waals surface area contributed by atoms with Gasteiger partial charge in [-0.2, -0.15) is 0 Å². The predicted octanol–water partition coefficient (Wildman–Crippen LogP) is 3.58. The molecule has 3 heteroatoms. The molecule has 0 aromatic carbocycles. The van der Waals surface area contributed by atoms with E-state index in [0.717, 1.165) is 12.2 Å². The molecule has 2 aliphatic carbocycles. The van der Waals surface area contributed by atoms with Crippen molar-refractivity contribution in [2.75, 3.05) is 0 Å². The molecule has 2 saturated carbocycles. The maximum absolute atomic E-state index is 6.04. The van der Waals surface area contributed by atoms with E-state index in [1.807, 2.05) is 0 Å². The summed E-state index contributed by atoms with van der Waals surface area (Å²) in [5.74, 6) is 0.799. The minimum Gasteiger partial charge on any atom is -0.403 e. The molecule has 2 nitrogen and oxygen atoms in total. The number of rotatable bonds is 2. The van der Waals surface area contributed by atoms with E-state index in [0.29, 0.717) is 0 Å². The van der Waals surface area contributed by atoms with Gasteiger partial charge in [0, 0.05) is 0 Å². The van der Waals surface area contributed by atoms with Gasteiger partial charge in [0.2, 0.25) is 0 Å². The Kier molecular flexibility index (Phi) is 2.51. The van der Waals surface area contributed by atoms with Crippen LogP contribution in [-0.4, -0.2) is 18.3 Å². The van der Waals surface area contributed by atoms with Crippen molar-refractivity contribution >= 4 is 7.12 Å². The molecule has 3 rings (SSSR count). The van der Waals surface area contributed by atoms with Gasteiger partial charge in [-0.3, -0.25) is 0 Å². The van der Waals surface area contributed by atoms with Crippen molar-refractivity contribution in [1.29, 1.82) is 0 Å². The molecule has 0 spiro atoms. The highest BCUT2D eigenvalue weighted by atomic mass is 16.7. The zero-order valence-corrected chi connectivity index (χ0v) is 11.5. The lowest BCUT2D eigenvalue weighted by atomic mass is 9.66. The fourth-order valence-corrected chi connectivity index (χ4v) is 2.84. The van der Waals surface area contributed by atoms with Crippen LogP contribution in [0.25, 0.3) is 0 Å². The summed E-state index contributed by atoms with van der Waals surface area (Å²) in [7, 11) is 0.00996.